The number of aliphatic hydroxyl groups is 2. The predicted molar refractivity (Wildman–Crippen MR) is 70.3 cm³/mol. The molecule has 2 aromatic heterocycles. The molecule has 0 aliphatic rings. The minimum absolute atomic E-state index is 0.0704. The van der Waals surface area contributed by atoms with E-state index in [1.807, 2.05) is 11.9 Å². The van der Waals surface area contributed by atoms with E-state index < -0.39 is 6.10 Å². The Kier molecular flexibility index (Phi) is 4.25. The van der Waals surface area contributed by atoms with E-state index in [0.29, 0.717) is 36.6 Å². The van der Waals surface area contributed by atoms with Gasteiger partial charge in [0.1, 0.15) is 11.8 Å². The maximum Gasteiger partial charge on any atom is 0.165 e. The summed E-state index contributed by atoms with van der Waals surface area (Å²) in [6.45, 7) is 1.42. The SMILES string of the molecule is CN(CCO)C[C@H](O)Cn1cnc2c(N)ncnc21. The molecule has 0 aliphatic heterocycles. The van der Waals surface area contributed by atoms with Gasteiger partial charge in [0.15, 0.2) is 11.5 Å². The molecule has 0 saturated heterocycles. The molecule has 1 atom stereocenters. The summed E-state index contributed by atoms with van der Waals surface area (Å²) in [4.78, 5) is 14.0. The maximum atomic E-state index is 10.0. The summed E-state index contributed by atoms with van der Waals surface area (Å²) in [5.41, 5.74) is 6.84. The fraction of sp³-hybridized carbons (Fsp3) is 0.545. The molecule has 0 unspecified atom stereocenters. The van der Waals surface area contributed by atoms with E-state index in [9.17, 15) is 5.11 Å². The standard InChI is InChI=1S/C11H18N6O2/c1-16(2-3-18)4-8(19)5-17-7-15-9-10(12)13-6-14-11(9)17/h6-8,18-19H,2-5H2,1H3,(H2,12,13,14)/t8-/m0/s1. The number of anilines is 1. The molecule has 2 rings (SSSR count). The van der Waals surface area contributed by atoms with Crippen LogP contribution in [0.2, 0.25) is 0 Å². The van der Waals surface area contributed by atoms with Crippen molar-refractivity contribution in [2.24, 2.45) is 0 Å². The lowest BCUT2D eigenvalue weighted by Crippen LogP contribution is -2.33. The molecular weight excluding hydrogens is 248 g/mol. The first-order valence-electron chi connectivity index (χ1n) is 6.00. The Morgan fingerprint density at radius 1 is 1.42 bits per heavy atom. The number of aromatic nitrogens is 4. The molecule has 2 aromatic rings. The van der Waals surface area contributed by atoms with Gasteiger partial charge >= 0.3 is 0 Å². The molecule has 8 heteroatoms. The van der Waals surface area contributed by atoms with E-state index in [2.05, 4.69) is 15.0 Å². The summed E-state index contributed by atoms with van der Waals surface area (Å²) < 4.78 is 1.74. The van der Waals surface area contributed by atoms with Crippen LogP contribution in [0.3, 0.4) is 0 Å². The van der Waals surface area contributed by atoms with Crippen molar-refractivity contribution in [3.63, 3.8) is 0 Å². The van der Waals surface area contributed by atoms with Gasteiger partial charge in [-0.2, -0.15) is 0 Å². The van der Waals surface area contributed by atoms with E-state index in [1.54, 1.807) is 10.9 Å². The van der Waals surface area contributed by atoms with Crippen LogP contribution in [0.4, 0.5) is 5.82 Å². The minimum atomic E-state index is -0.579. The van der Waals surface area contributed by atoms with E-state index in [-0.39, 0.29) is 6.61 Å². The number of likely N-dealkylation sites (N-methyl/N-ethyl adjacent to an activating group) is 1. The lowest BCUT2D eigenvalue weighted by atomic mass is 10.3. The van der Waals surface area contributed by atoms with Crippen LogP contribution in [-0.4, -0.2) is 67.5 Å². The molecule has 0 radical (unpaired) electrons. The van der Waals surface area contributed by atoms with Gasteiger partial charge in [0.2, 0.25) is 0 Å². The lowest BCUT2D eigenvalue weighted by molar-refractivity contribution is 0.101. The van der Waals surface area contributed by atoms with Crippen molar-refractivity contribution < 1.29 is 10.2 Å². The van der Waals surface area contributed by atoms with Crippen LogP contribution in [0.1, 0.15) is 0 Å². The summed E-state index contributed by atoms with van der Waals surface area (Å²) in [7, 11) is 1.84. The first kappa shape index (κ1) is 13.7. The molecule has 2 heterocycles. The Morgan fingerprint density at radius 2 is 2.21 bits per heavy atom. The lowest BCUT2D eigenvalue weighted by Gasteiger charge is -2.19. The van der Waals surface area contributed by atoms with Crippen molar-refractivity contribution in [3.05, 3.63) is 12.7 Å². The Morgan fingerprint density at radius 3 is 2.95 bits per heavy atom. The van der Waals surface area contributed by atoms with E-state index in [0.717, 1.165) is 0 Å². The molecule has 0 saturated carbocycles. The highest BCUT2D eigenvalue weighted by molar-refractivity contribution is 5.81. The average molecular weight is 266 g/mol. The summed E-state index contributed by atoms with van der Waals surface area (Å²) >= 11 is 0. The van der Waals surface area contributed by atoms with Crippen molar-refractivity contribution in [2.45, 2.75) is 12.6 Å². The fourth-order valence-corrected chi connectivity index (χ4v) is 1.94. The van der Waals surface area contributed by atoms with Gasteiger partial charge in [-0.25, -0.2) is 15.0 Å². The van der Waals surface area contributed by atoms with Crippen LogP contribution < -0.4 is 5.73 Å². The third-order valence-electron chi connectivity index (χ3n) is 2.84. The largest absolute Gasteiger partial charge is 0.395 e. The second-order valence-corrected chi connectivity index (χ2v) is 4.47. The molecular formula is C11H18N6O2. The van der Waals surface area contributed by atoms with Crippen LogP contribution in [0, 0.1) is 0 Å². The van der Waals surface area contributed by atoms with Crippen molar-refractivity contribution in [1.82, 2.24) is 24.4 Å². The van der Waals surface area contributed by atoms with Gasteiger partial charge in [0.05, 0.1) is 25.6 Å². The van der Waals surface area contributed by atoms with E-state index in [1.165, 1.54) is 6.33 Å². The summed E-state index contributed by atoms with van der Waals surface area (Å²) in [5.74, 6) is 0.329. The van der Waals surface area contributed by atoms with Crippen LogP contribution in [0.25, 0.3) is 11.2 Å². The van der Waals surface area contributed by atoms with Gasteiger partial charge in [-0.1, -0.05) is 0 Å². The molecule has 0 bridgehead atoms. The molecule has 19 heavy (non-hydrogen) atoms. The van der Waals surface area contributed by atoms with Crippen molar-refractivity contribution >= 4 is 17.0 Å². The quantitative estimate of drug-likeness (QED) is 0.595. The molecule has 0 spiro atoms. The molecule has 4 N–H and O–H groups in total. The van der Waals surface area contributed by atoms with E-state index >= 15 is 0 Å². The second-order valence-electron chi connectivity index (χ2n) is 4.47. The number of nitrogen functional groups attached to an aromatic ring is 1. The molecule has 0 aliphatic carbocycles. The number of rotatable bonds is 6. The Hall–Kier alpha value is -1.77. The molecule has 0 fully saturated rings. The molecule has 8 nitrogen and oxygen atoms in total. The first-order chi connectivity index (χ1) is 9.11. The second kappa shape index (κ2) is 5.91. The van der Waals surface area contributed by atoms with E-state index in [4.69, 9.17) is 10.8 Å². The normalized spacial score (nSPS) is 13.3. The third-order valence-corrected chi connectivity index (χ3v) is 2.84. The summed E-state index contributed by atoms with van der Waals surface area (Å²) in [6.07, 6.45) is 2.38. The zero-order valence-corrected chi connectivity index (χ0v) is 10.8. The Bertz CT molecular complexity index is 543. The number of imidazole rings is 1. The van der Waals surface area contributed by atoms with Crippen molar-refractivity contribution in [2.75, 3.05) is 32.5 Å². The number of fused-ring (bicyclic) bond motifs is 1. The number of aliphatic hydroxyl groups excluding tert-OH is 2. The summed E-state index contributed by atoms with van der Waals surface area (Å²) in [5, 5.41) is 18.8. The van der Waals surface area contributed by atoms with Gasteiger partial charge < -0.3 is 25.4 Å². The van der Waals surface area contributed by atoms with Gasteiger partial charge in [0.25, 0.3) is 0 Å². The van der Waals surface area contributed by atoms with Gasteiger partial charge in [0, 0.05) is 13.1 Å². The first-order valence-corrected chi connectivity index (χ1v) is 6.00. The van der Waals surface area contributed by atoms with Gasteiger partial charge in [-0.05, 0) is 7.05 Å². The number of nitrogens with two attached hydrogens (primary N) is 1. The van der Waals surface area contributed by atoms with Gasteiger partial charge in [-0.15, -0.1) is 0 Å². The van der Waals surface area contributed by atoms with Crippen molar-refractivity contribution in [1.29, 1.82) is 0 Å². The van der Waals surface area contributed by atoms with Crippen LogP contribution in [-0.2, 0) is 6.54 Å². The highest BCUT2D eigenvalue weighted by Crippen LogP contribution is 2.14. The monoisotopic (exact) mass is 266 g/mol. The van der Waals surface area contributed by atoms with Crippen LogP contribution in [0.5, 0.6) is 0 Å². The highest BCUT2D eigenvalue weighted by atomic mass is 16.3. The highest BCUT2D eigenvalue weighted by Gasteiger charge is 2.13. The van der Waals surface area contributed by atoms with Crippen LogP contribution >= 0.6 is 0 Å². The van der Waals surface area contributed by atoms with Crippen molar-refractivity contribution in [3.8, 4) is 0 Å². The number of hydrogen-bond acceptors (Lipinski definition) is 7. The van der Waals surface area contributed by atoms with Gasteiger partial charge in [-0.3, -0.25) is 0 Å². The van der Waals surface area contributed by atoms with Crippen LogP contribution in [0.15, 0.2) is 12.7 Å². The smallest absolute Gasteiger partial charge is 0.165 e. The Balaban J connectivity index is 2.07. The molecule has 0 aromatic carbocycles. The summed E-state index contributed by atoms with van der Waals surface area (Å²) in [6, 6.07) is 0. The zero-order valence-electron chi connectivity index (χ0n) is 10.8. The number of hydrogen-bond donors (Lipinski definition) is 3. The number of nitrogens with zero attached hydrogens (tertiary/aromatic N) is 5. The zero-order chi connectivity index (χ0) is 13.8. The fourth-order valence-electron chi connectivity index (χ4n) is 1.94. The Labute approximate surface area is 110 Å². The average Bonchev–Trinajstić information content (AvgIpc) is 2.74. The molecule has 104 valence electrons. The third kappa shape index (κ3) is 3.16. The minimum Gasteiger partial charge on any atom is -0.395 e. The topological polar surface area (TPSA) is 113 Å². The molecule has 0 amide bonds. The maximum absolute atomic E-state index is 10.0. The predicted octanol–water partition coefficient (Wildman–Crippen LogP) is -1.31.